The first kappa shape index (κ1) is 26.0. The molecule has 1 saturated heterocycles. The minimum absolute atomic E-state index is 0.00497. The van der Waals surface area contributed by atoms with E-state index in [9.17, 15) is 14.7 Å². The zero-order valence-corrected chi connectivity index (χ0v) is 19.6. The van der Waals surface area contributed by atoms with Gasteiger partial charge in [0, 0.05) is 23.4 Å². The zero-order valence-electron chi connectivity index (χ0n) is 19.6. The van der Waals surface area contributed by atoms with E-state index in [1.165, 1.54) is 6.92 Å². The van der Waals surface area contributed by atoms with E-state index in [0.717, 1.165) is 48.2 Å². The molecule has 0 aliphatic carbocycles. The number of aliphatic hydroxyl groups is 1. The average Bonchev–Trinajstić information content (AvgIpc) is 2.88. The fourth-order valence-electron chi connectivity index (χ4n) is 3.63. The molecule has 35 heavy (non-hydrogen) atoms. The van der Waals surface area contributed by atoms with E-state index >= 15 is 0 Å². The van der Waals surface area contributed by atoms with Crippen LogP contribution in [0.15, 0.2) is 48.5 Å². The minimum Gasteiger partial charge on any atom is -0.391 e. The first-order valence-electron chi connectivity index (χ1n) is 11.6. The first-order chi connectivity index (χ1) is 17.0. The number of carbonyl (C=O) groups excluding carboxylic acids is 2. The van der Waals surface area contributed by atoms with E-state index in [1.807, 2.05) is 48.5 Å². The molecule has 1 aliphatic rings. The van der Waals surface area contributed by atoms with Crippen molar-refractivity contribution in [3.05, 3.63) is 65.2 Å². The van der Waals surface area contributed by atoms with Crippen LogP contribution in [-0.2, 0) is 16.1 Å². The Kier molecular flexibility index (Phi) is 9.85. The number of amides is 2. The average molecular weight is 475 g/mol. The standard InChI is InChI=1S/C27H30N4O4/c1-19(32)25(27(34)31-35)29-18-22-11-9-20(10-12-22)6-2-3-7-21-13-15-23(16-14-21)30-26(33)24-8-4-5-17-28-24/h9-16,19,24-25,28-29,32,35H,4-5,8,17-18H2,1H3,(H,30,33)(H,31,34)/t19-,24+,25+/m1/s1. The maximum absolute atomic E-state index is 12.3. The van der Waals surface area contributed by atoms with Crippen molar-refractivity contribution in [1.82, 2.24) is 16.1 Å². The third kappa shape index (κ3) is 8.25. The molecule has 8 heteroatoms. The quantitative estimate of drug-likeness (QED) is 0.206. The molecule has 0 saturated carbocycles. The van der Waals surface area contributed by atoms with Gasteiger partial charge in [0.15, 0.2) is 0 Å². The Morgan fingerprint density at radius 2 is 1.66 bits per heavy atom. The van der Waals surface area contributed by atoms with Crippen LogP contribution in [0.5, 0.6) is 0 Å². The summed E-state index contributed by atoms with van der Waals surface area (Å²) >= 11 is 0. The van der Waals surface area contributed by atoms with Crippen molar-refractivity contribution in [3.63, 3.8) is 0 Å². The molecule has 1 heterocycles. The number of benzene rings is 2. The summed E-state index contributed by atoms with van der Waals surface area (Å²) in [6.07, 6.45) is 2.08. The molecule has 6 N–H and O–H groups in total. The molecule has 0 radical (unpaired) electrons. The van der Waals surface area contributed by atoms with Crippen LogP contribution in [0.1, 0.15) is 42.9 Å². The van der Waals surface area contributed by atoms with Crippen molar-refractivity contribution in [3.8, 4) is 23.7 Å². The molecule has 0 bridgehead atoms. The lowest BCUT2D eigenvalue weighted by Gasteiger charge is -2.22. The highest BCUT2D eigenvalue weighted by Crippen LogP contribution is 2.12. The molecule has 0 unspecified atom stereocenters. The van der Waals surface area contributed by atoms with Gasteiger partial charge in [-0.15, -0.1) is 0 Å². The van der Waals surface area contributed by atoms with Crippen molar-refractivity contribution in [2.45, 2.75) is 50.9 Å². The number of nitrogens with one attached hydrogen (secondary N) is 4. The van der Waals surface area contributed by atoms with Gasteiger partial charge in [0.05, 0.1) is 12.1 Å². The van der Waals surface area contributed by atoms with Gasteiger partial charge in [-0.25, -0.2) is 5.48 Å². The summed E-state index contributed by atoms with van der Waals surface area (Å²) in [6, 6.07) is 13.7. The fraction of sp³-hybridized carbons (Fsp3) is 0.333. The normalized spacial score (nSPS) is 16.5. The van der Waals surface area contributed by atoms with E-state index < -0.39 is 18.1 Å². The number of hydrogen-bond donors (Lipinski definition) is 6. The van der Waals surface area contributed by atoms with Crippen molar-refractivity contribution in [2.24, 2.45) is 0 Å². The summed E-state index contributed by atoms with van der Waals surface area (Å²) in [6.45, 7) is 2.68. The van der Waals surface area contributed by atoms with Crippen LogP contribution in [-0.4, -0.2) is 46.9 Å². The van der Waals surface area contributed by atoms with Crippen LogP contribution < -0.4 is 21.4 Å². The Labute approximate surface area is 205 Å². The van der Waals surface area contributed by atoms with Crippen molar-refractivity contribution >= 4 is 17.5 Å². The second-order valence-corrected chi connectivity index (χ2v) is 8.34. The molecule has 3 atom stereocenters. The van der Waals surface area contributed by atoms with E-state index in [-0.39, 0.29) is 11.9 Å². The Morgan fingerprint density at radius 3 is 2.20 bits per heavy atom. The molecule has 1 aliphatic heterocycles. The Hall–Kier alpha value is -3.66. The summed E-state index contributed by atoms with van der Waals surface area (Å²) in [7, 11) is 0. The highest BCUT2D eigenvalue weighted by molar-refractivity contribution is 5.94. The summed E-state index contributed by atoms with van der Waals surface area (Å²) < 4.78 is 0. The van der Waals surface area contributed by atoms with Gasteiger partial charge in [-0.2, -0.15) is 0 Å². The van der Waals surface area contributed by atoms with Gasteiger partial charge in [0.2, 0.25) is 5.91 Å². The van der Waals surface area contributed by atoms with Crippen LogP contribution in [0.2, 0.25) is 0 Å². The van der Waals surface area contributed by atoms with Crippen molar-refractivity contribution in [2.75, 3.05) is 11.9 Å². The number of aliphatic hydroxyl groups excluding tert-OH is 1. The third-order valence-corrected chi connectivity index (χ3v) is 5.61. The van der Waals surface area contributed by atoms with Gasteiger partial charge in [-0.05, 0) is 80.1 Å². The molecular formula is C27H30N4O4. The number of piperidine rings is 1. The van der Waals surface area contributed by atoms with E-state index in [1.54, 1.807) is 5.48 Å². The van der Waals surface area contributed by atoms with E-state index in [2.05, 4.69) is 39.6 Å². The lowest BCUT2D eigenvalue weighted by molar-refractivity contribution is -0.134. The Balaban J connectivity index is 1.50. The van der Waals surface area contributed by atoms with E-state index in [0.29, 0.717) is 6.54 Å². The van der Waals surface area contributed by atoms with Gasteiger partial charge in [0.25, 0.3) is 5.91 Å². The predicted octanol–water partition coefficient (Wildman–Crippen LogP) is 1.51. The Morgan fingerprint density at radius 1 is 1.03 bits per heavy atom. The minimum atomic E-state index is -0.959. The number of anilines is 1. The highest BCUT2D eigenvalue weighted by atomic mass is 16.5. The SMILES string of the molecule is C[C@@H](O)[C@H](NCc1ccc(C#CC#Cc2ccc(NC(=O)[C@@H]3CCCCN3)cc2)cc1)C(=O)NO. The zero-order chi connectivity index (χ0) is 25.0. The highest BCUT2D eigenvalue weighted by Gasteiger charge is 2.22. The van der Waals surface area contributed by atoms with Crippen LogP contribution >= 0.6 is 0 Å². The number of hydrogen-bond acceptors (Lipinski definition) is 6. The summed E-state index contributed by atoms with van der Waals surface area (Å²) in [5.74, 6) is 10.9. The number of rotatable bonds is 7. The molecule has 2 amide bonds. The lowest BCUT2D eigenvalue weighted by atomic mass is 10.0. The van der Waals surface area contributed by atoms with Crippen LogP contribution in [0.25, 0.3) is 0 Å². The van der Waals surface area contributed by atoms with Gasteiger partial charge < -0.3 is 15.7 Å². The monoisotopic (exact) mass is 474 g/mol. The predicted molar refractivity (Wildman–Crippen MR) is 133 cm³/mol. The summed E-state index contributed by atoms with van der Waals surface area (Å²) in [5, 5.41) is 27.5. The maximum Gasteiger partial charge on any atom is 0.263 e. The van der Waals surface area contributed by atoms with Gasteiger partial charge in [-0.1, -0.05) is 30.4 Å². The molecule has 0 spiro atoms. The topological polar surface area (TPSA) is 123 Å². The van der Waals surface area contributed by atoms with Gasteiger partial charge in [0.1, 0.15) is 6.04 Å². The Bertz CT molecular complexity index is 1120. The molecular weight excluding hydrogens is 444 g/mol. The molecule has 182 valence electrons. The molecule has 2 aromatic rings. The van der Waals surface area contributed by atoms with Crippen LogP contribution in [0.4, 0.5) is 5.69 Å². The van der Waals surface area contributed by atoms with Crippen LogP contribution in [0.3, 0.4) is 0 Å². The number of carbonyl (C=O) groups is 2. The molecule has 2 aromatic carbocycles. The number of hydroxylamine groups is 1. The summed E-state index contributed by atoms with van der Waals surface area (Å²) in [4.78, 5) is 23.9. The lowest BCUT2D eigenvalue weighted by Crippen LogP contribution is -2.49. The smallest absolute Gasteiger partial charge is 0.263 e. The van der Waals surface area contributed by atoms with Crippen molar-refractivity contribution < 1.29 is 19.9 Å². The first-order valence-corrected chi connectivity index (χ1v) is 11.6. The molecule has 3 rings (SSSR count). The van der Waals surface area contributed by atoms with Crippen molar-refractivity contribution in [1.29, 1.82) is 0 Å². The van der Waals surface area contributed by atoms with Gasteiger partial charge in [-0.3, -0.25) is 20.1 Å². The third-order valence-electron chi connectivity index (χ3n) is 5.61. The fourth-order valence-corrected chi connectivity index (χ4v) is 3.63. The van der Waals surface area contributed by atoms with Gasteiger partial charge >= 0.3 is 0 Å². The molecule has 1 fully saturated rings. The molecule has 0 aromatic heterocycles. The second kappa shape index (κ2) is 13.3. The largest absolute Gasteiger partial charge is 0.391 e. The maximum atomic E-state index is 12.3. The van der Waals surface area contributed by atoms with Crippen LogP contribution in [0, 0.1) is 23.7 Å². The van der Waals surface area contributed by atoms with E-state index in [4.69, 9.17) is 5.21 Å². The molecule has 8 nitrogen and oxygen atoms in total. The summed E-state index contributed by atoms with van der Waals surface area (Å²) in [5.41, 5.74) is 4.77. The second-order valence-electron chi connectivity index (χ2n) is 8.34.